The van der Waals surface area contributed by atoms with Crippen LogP contribution in [0.25, 0.3) is 0 Å². The number of rotatable bonds is 2. The minimum absolute atomic E-state index is 0.138. The van der Waals surface area contributed by atoms with Gasteiger partial charge in [0.1, 0.15) is 4.60 Å². The van der Waals surface area contributed by atoms with Crippen molar-refractivity contribution in [3.8, 4) is 5.88 Å². The van der Waals surface area contributed by atoms with Crippen LogP contribution in [0.1, 0.15) is 13.8 Å². The lowest BCUT2D eigenvalue weighted by Gasteiger charge is -2.06. The van der Waals surface area contributed by atoms with Gasteiger partial charge in [-0.15, -0.1) is 0 Å². The summed E-state index contributed by atoms with van der Waals surface area (Å²) in [5.41, 5.74) is 0. The Morgan fingerprint density at radius 1 is 1.45 bits per heavy atom. The summed E-state index contributed by atoms with van der Waals surface area (Å²) in [6.07, 6.45) is 3.34. The second-order valence-corrected chi connectivity index (χ2v) is 3.16. The van der Waals surface area contributed by atoms with Gasteiger partial charge in [0.25, 0.3) is 0 Å². The van der Waals surface area contributed by atoms with Crippen molar-refractivity contribution in [2.24, 2.45) is 0 Å². The largest absolute Gasteiger partial charge is 0.474 e. The topological polar surface area (TPSA) is 35.0 Å². The highest BCUT2D eigenvalue weighted by atomic mass is 79.9. The third kappa shape index (κ3) is 2.84. The van der Waals surface area contributed by atoms with Crippen molar-refractivity contribution in [1.29, 1.82) is 0 Å². The molecule has 0 spiro atoms. The third-order valence-electron chi connectivity index (χ3n) is 0.939. The molecule has 1 heterocycles. The normalized spacial score (nSPS) is 10.2. The van der Waals surface area contributed by atoms with E-state index in [1.165, 1.54) is 0 Å². The van der Waals surface area contributed by atoms with Crippen molar-refractivity contribution in [3.05, 3.63) is 17.0 Å². The van der Waals surface area contributed by atoms with Gasteiger partial charge in [0, 0.05) is 0 Å². The molecule has 0 aliphatic heterocycles. The molecule has 0 N–H and O–H groups in total. The molecule has 60 valence electrons. The number of halogens is 1. The molecule has 0 aliphatic carbocycles. The quantitative estimate of drug-likeness (QED) is 0.760. The van der Waals surface area contributed by atoms with E-state index in [-0.39, 0.29) is 6.10 Å². The second-order valence-electron chi connectivity index (χ2n) is 2.35. The minimum atomic E-state index is 0.138. The van der Waals surface area contributed by atoms with Gasteiger partial charge in [0.05, 0.1) is 18.5 Å². The van der Waals surface area contributed by atoms with Crippen molar-refractivity contribution in [2.75, 3.05) is 0 Å². The molecule has 0 saturated carbocycles. The monoisotopic (exact) mass is 216 g/mol. The van der Waals surface area contributed by atoms with Crippen LogP contribution >= 0.6 is 15.9 Å². The van der Waals surface area contributed by atoms with E-state index in [2.05, 4.69) is 25.9 Å². The summed E-state index contributed by atoms with van der Waals surface area (Å²) in [5.74, 6) is 0.550. The van der Waals surface area contributed by atoms with Gasteiger partial charge in [0.2, 0.25) is 5.88 Å². The fraction of sp³-hybridized carbons (Fsp3) is 0.429. The first-order chi connectivity index (χ1) is 5.18. The molecule has 0 bridgehead atoms. The molecule has 0 aromatic carbocycles. The molecule has 1 aromatic heterocycles. The van der Waals surface area contributed by atoms with Gasteiger partial charge >= 0.3 is 0 Å². The van der Waals surface area contributed by atoms with Crippen LogP contribution in [0, 0.1) is 0 Å². The highest BCUT2D eigenvalue weighted by Crippen LogP contribution is 2.10. The molecule has 1 aromatic rings. The molecule has 3 nitrogen and oxygen atoms in total. The minimum Gasteiger partial charge on any atom is -0.474 e. The Hall–Kier alpha value is -0.640. The maximum atomic E-state index is 5.29. The molecular weight excluding hydrogens is 208 g/mol. The zero-order chi connectivity index (χ0) is 8.27. The van der Waals surface area contributed by atoms with E-state index in [1.807, 2.05) is 13.8 Å². The number of nitrogens with zero attached hydrogens (tertiary/aromatic N) is 2. The summed E-state index contributed by atoms with van der Waals surface area (Å²) in [7, 11) is 0. The first-order valence-corrected chi connectivity index (χ1v) is 4.12. The van der Waals surface area contributed by atoms with Crippen LogP contribution in [0.2, 0.25) is 0 Å². The Bertz CT molecular complexity index is 240. The van der Waals surface area contributed by atoms with Gasteiger partial charge in [0.15, 0.2) is 0 Å². The number of aromatic nitrogens is 2. The van der Waals surface area contributed by atoms with Crippen LogP contribution in [0.4, 0.5) is 0 Å². The highest BCUT2D eigenvalue weighted by molar-refractivity contribution is 9.10. The first-order valence-electron chi connectivity index (χ1n) is 3.32. The van der Waals surface area contributed by atoms with Gasteiger partial charge in [-0.05, 0) is 29.8 Å². The van der Waals surface area contributed by atoms with E-state index in [4.69, 9.17) is 4.74 Å². The lowest BCUT2D eigenvalue weighted by molar-refractivity contribution is 0.231. The molecule has 0 unspecified atom stereocenters. The van der Waals surface area contributed by atoms with Crippen molar-refractivity contribution in [1.82, 2.24) is 9.97 Å². The molecule has 4 heteroatoms. The zero-order valence-electron chi connectivity index (χ0n) is 6.41. The SMILES string of the molecule is CC(C)Oc1cncc(Br)n1. The lowest BCUT2D eigenvalue weighted by Crippen LogP contribution is -2.06. The zero-order valence-corrected chi connectivity index (χ0v) is 8.00. The molecule has 0 atom stereocenters. The standard InChI is InChI=1S/C7H9BrN2O/c1-5(2)11-7-4-9-3-6(8)10-7/h3-5H,1-2H3. The van der Waals surface area contributed by atoms with Crippen LogP contribution in [0.15, 0.2) is 17.0 Å². The summed E-state index contributed by atoms with van der Waals surface area (Å²) >= 11 is 3.20. The van der Waals surface area contributed by atoms with Crippen molar-refractivity contribution < 1.29 is 4.74 Å². The average molecular weight is 217 g/mol. The fourth-order valence-corrected chi connectivity index (χ4v) is 0.917. The van der Waals surface area contributed by atoms with Crippen molar-refractivity contribution in [3.63, 3.8) is 0 Å². The summed E-state index contributed by atoms with van der Waals surface area (Å²) in [6, 6.07) is 0. The van der Waals surface area contributed by atoms with Crippen molar-refractivity contribution in [2.45, 2.75) is 20.0 Å². The van der Waals surface area contributed by atoms with Crippen LogP contribution in [0.5, 0.6) is 5.88 Å². The Balaban J connectivity index is 2.71. The van der Waals surface area contributed by atoms with E-state index in [0.29, 0.717) is 10.5 Å². The molecule has 0 radical (unpaired) electrons. The summed E-state index contributed by atoms with van der Waals surface area (Å²) < 4.78 is 5.98. The van der Waals surface area contributed by atoms with Gasteiger partial charge in [-0.2, -0.15) is 0 Å². The summed E-state index contributed by atoms with van der Waals surface area (Å²) in [4.78, 5) is 7.95. The molecule has 0 fully saturated rings. The van der Waals surface area contributed by atoms with Crippen LogP contribution in [-0.4, -0.2) is 16.1 Å². The predicted molar refractivity (Wildman–Crippen MR) is 45.5 cm³/mol. The van der Waals surface area contributed by atoms with Gasteiger partial charge in [-0.1, -0.05) is 0 Å². The number of hydrogen-bond acceptors (Lipinski definition) is 3. The molecule has 0 aliphatic rings. The van der Waals surface area contributed by atoms with Gasteiger partial charge in [-0.3, -0.25) is 4.98 Å². The molecule has 0 saturated heterocycles. The lowest BCUT2D eigenvalue weighted by atomic mass is 10.5. The van der Waals surface area contributed by atoms with Crippen LogP contribution in [0.3, 0.4) is 0 Å². The molecule has 0 amide bonds. The number of ether oxygens (including phenoxy) is 1. The molecule has 1 rings (SSSR count). The van der Waals surface area contributed by atoms with Gasteiger partial charge in [-0.25, -0.2) is 4.98 Å². The Morgan fingerprint density at radius 2 is 2.18 bits per heavy atom. The number of hydrogen-bond donors (Lipinski definition) is 0. The average Bonchev–Trinajstić information content (AvgIpc) is 1.85. The highest BCUT2D eigenvalue weighted by Gasteiger charge is 1.98. The second kappa shape index (κ2) is 3.67. The van der Waals surface area contributed by atoms with E-state index in [1.54, 1.807) is 12.4 Å². The Labute approximate surface area is 73.9 Å². The van der Waals surface area contributed by atoms with E-state index < -0.39 is 0 Å². The Morgan fingerprint density at radius 3 is 2.73 bits per heavy atom. The predicted octanol–water partition coefficient (Wildman–Crippen LogP) is 2.03. The molecular formula is C7H9BrN2O. The Kier molecular flexibility index (Phi) is 2.82. The smallest absolute Gasteiger partial charge is 0.233 e. The summed E-state index contributed by atoms with van der Waals surface area (Å²) in [5, 5.41) is 0. The summed E-state index contributed by atoms with van der Waals surface area (Å²) in [6.45, 7) is 3.89. The van der Waals surface area contributed by atoms with E-state index >= 15 is 0 Å². The van der Waals surface area contributed by atoms with E-state index in [9.17, 15) is 0 Å². The first kappa shape index (κ1) is 8.46. The maximum absolute atomic E-state index is 5.29. The maximum Gasteiger partial charge on any atom is 0.233 e. The van der Waals surface area contributed by atoms with E-state index in [0.717, 1.165) is 0 Å². The third-order valence-corrected chi connectivity index (χ3v) is 1.32. The fourth-order valence-electron chi connectivity index (χ4n) is 0.624. The van der Waals surface area contributed by atoms with Crippen LogP contribution < -0.4 is 4.74 Å². The van der Waals surface area contributed by atoms with Crippen molar-refractivity contribution >= 4 is 15.9 Å². The van der Waals surface area contributed by atoms with Crippen LogP contribution in [-0.2, 0) is 0 Å². The van der Waals surface area contributed by atoms with Gasteiger partial charge < -0.3 is 4.74 Å². The molecule has 11 heavy (non-hydrogen) atoms.